The van der Waals surface area contributed by atoms with E-state index >= 15 is 0 Å². The molecule has 6 heteroatoms. The Labute approximate surface area is 129 Å². The minimum atomic E-state index is -3.25. The molecule has 1 fully saturated rings. The lowest BCUT2D eigenvalue weighted by Crippen LogP contribution is -2.51. The second-order valence-corrected chi connectivity index (χ2v) is 7.90. The van der Waals surface area contributed by atoms with E-state index in [-0.39, 0.29) is 11.3 Å². The van der Waals surface area contributed by atoms with Gasteiger partial charge in [-0.15, -0.1) is 0 Å². The average molecular weight is 361 g/mol. The zero-order valence-corrected chi connectivity index (χ0v) is 13.9. The molecule has 1 aromatic heterocycles. The fraction of sp³-hybridized carbons (Fsp3) is 0.643. The lowest BCUT2D eigenvalue weighted by molar-refractivity contribution is 0.301. The molecular weight excluding hydrogens is 340 g/mol. The summed E-state index contributed by atoms with van der Waals surface area (Å²) in [5, 5.41) is 0.689. The smallest absolute Gasteiger partial charge is 0.212 e. The van der Waals surface area contributed by atoms with Crippen molar-refractivity contribution in [1.82, 2.24) is 9.71 Å². The summed E-state index contributed by atoms with van der Waals surface area (Å²) >= 11 is 3.48. The number of alkyl halides is 1. The minimum Gasteiger partial charge on any atom is -0.265 e. The largest absolute Gasteiger partial charge is 0.265 e. The Bertz CT molecular complexity index is 513. The van der Waals surface area contributed by atoms with E-state index in [0.29, 0.717) is 11.8 Å². The summed E-state index contributed by atoms with van der Waals surface area (Å²) in [6.45, 7) is 0. The Morgan fingerprint density at radius 1 is 1.20 bits per heavy atom. The van der Waals surface area contributed by atoms with Crippen molar-refractivity contribution in [2.75, 3.05) is 11.1 Å². The van der Waals surface area contributed by atoms with Gasteiger partial charge in [0.05, 0.1) is 5.75 Å². The highest BCUT2D eigenvalue weighted by atomic mass is 79.9. The molecule has 0 saturated heterocycles. The molecule has 4 nitrogen and oxygen atoms in total. The summed E-state index contributed by atoms with van der Waals surface area (Å²) in [5.41, 5.74) is 0.719. The maximum Gasteiger partial charge on any atom is 0.212 e. The number of nitrogens with zero attached hydrogens (tertiary/aromatic N) is 1. The first kappa shape index (κ1) is 15.9. The van der Waals surface area contributed by atoms with Gasteiger partial charge in [0.2, 0.25) is 10.0 Å². The van der Waals surface area contributed by atoms with Crippen LogP contribution >= 0.6 is 15.9 Å². The number of aryl methyl sites for hydroxylation is 1. The van der Waals surface area contributed by atoms with Crippen molar-refractivity contribution in [1.29, 1.82) is 0 Å². The summed E-state index contributed by atoms with van der Waals surface area (Å²) in [6.07, 6.45) is 9.15. The molecule has 112 valence electrons. The lowest BCUT2D eigenvalue weighted by Gasteiger charge is -2.36. The van der Waals surface area contributed by atoms with Crippen molar-refractivity contribution < 1.29 is 8.42 Å². The highest BCUT2D eigenvalue weighted by Gasteiger charge is 2.34. The van der Waals surface area contributed by atoms with E-state index in [0.717, 1.165) is 31.2 Å². The van der Waals surface area contributed by atoms with Crippen molar-refractivity contribution in [3.8, 4) is 0 Å². The second kappa shape index (κ2) is 7.00. The Kier molecular flexibility index (Phi) is 5.57. The van der Waals surface area contributed by atoms with Crippen LogP contribution in [0.2, 0.25) is 0 Å². The maximum atomic E-state index is 12.3. The van der Waals surface area contributed by atoms with Crippen LogP contribution in [0.4, 0.5) is 0 Å². The van der Waals surface area contributed by atoms with Gasteiger partial charge in [-0.25, -0.2) is 13.1 Å². The number of rotatable bonds is 6. The molecule has 2 rings (SSSR count). The minimum absolute atomic E-state index is 0.131. The summed E-state index contributed by atoms with van der Waals surface area (Å²) in [6, 6.07) is 3.72. The van der Waals surface area contributed by atoms with E-state index in [4.69, 9.17) is 0 Å². The first-order valence-electron chi connectivity index (χ1n) is 7.02. The molecule has 0 bridgehead atoms. The molecule has 1 heterocycles. The molecule has 1 saturated carbocycles. The Morgan fingerprint density at radius 3 is 2.45 bits per heavy atom. The quantitative estimate of drug-likeness (QED) is 0.793. The van der Waals surface area contributed by atoms with Crippen LogP contribution in [0, 0.1) is 0 Å². The summed E-state index contributed by atoms with van der Waals surface area (Å²) in [7, 11) is -3.25. The zero-order chi connectivity index (χ0) is 14.5. The molecule has 0 aromatic carbocycles. The Morgan fingerprint density at radius 2 is 1.85 bits per heavy atom. The van der Waals surface area contributed by atoms with Gasteiger partial charge < -0.3 is 0 Å². The van der Waals surface area contributed by atoms with E-state index < -0.39 is 10.0 Å². The molecule has 0 spiro atoms. The van der Waals surface area contributed by atoms with Gasteiger partial charge in [0.15, 0.2) is 0 Å². The standard InChI is InChI=1S/C14H21BrN2O2S/c15-12-14(7-2-1-3-8-14)17-20(18,19)11-6-13-4-9-16-10-5-13/h4-5,9-10,17H,1-3,6-8,11-12H2. The third kappa shape index (κ3) is 4.53. The van der Waals surface area contributed by atoms with Gasteiger partial charge >= 0.3 is 0 Å². The Balaban J connectivity index is 1.96. The monoisotopic (exact) mass is 360 g/mol. The molecule has 0 unspecified atom stereocenters. The molecule has 1 aliphatic rings. The normalized spacial score (nSPS) is 18.9. The van der Waals surface area contributed by atoms with Crippen LogP contribution < -0.4 is 4.72 Å². The van der Waals surface area contributed by atoms with E-state index in [1.54, 1.807) is 12.4 Å². The molecule has 1 aromatic rings. The zero-order valence-electron chi connectivity index (χ0n) is 11.5. The molecule has 1 aliphatic carbocycles. The molecule has 0 atom stereocenters. The number of hydrogen-bond donors (Lipinski definition) is 1. The van der Waals surface area contributed by atoms with Crippen molar-refractivity contribution in [3.63, 3.8) is 0 Å². The van der Waals surface area contributed by atoms with Crippen molar-refractivity contribution in [2.45, 2.75) is 44.1 Å². The van der Waals surface area contributed by atoms with Gasteiger partial charge in [0.1, 0.15) is 0 Å². The first-order chi connectivity index (χ1) is 9.55. The van der Waals surface area contributed by atoms with Crippen LogP contribution in [0.3, 0.4) is 0 Å². The van der Waals surface area contributed by atoms with Gasteiger partial charge in [-0.2, -0.15) is 0 Å². The average Bonchev–Trinajstić information content (AvgIpc) is 2.47. The van der Waals surface area contributed by atoms with Gasteiger partial charge in [-0.3, -0.25) is 4.98 Å². The summed E-state index contributed by atoms with van der Waals surface area (Å²) in [4.78, 5) is 3.94. The SMILES string of the molecule is O=S(=O)(CCc1ccncc1)NC1(CBr)CCCCC1. The molecule has 0 aliphatic heterocycles. The third-order valence-corrected chi connectivity index (χ3v) is 6.41. The van der Waals surface area contributed by atoms with Gasteiger partial charge in [-0.1, -0.05) is 35.2 Å². The van der Waals surface area contributed by atoms with Crippen LogP contribution in [0.1, 0.15) is 37.7 Å². The fourth-order valence-corrected chi connectivity index (χ4v) is 5.10. The molecule has 0 radical (unpaired) electrons. The van der Waals surface area contributed by atoms with Crippen molar-refractivity contribution in [2.24, 2.45) is 0 Å². The third-order valence-electron chi connectivity index (χ3n) is 3.85. The number of halogens is 1. The van der Waals surface area contributed by atoms with E-state index in [1.165, 1.54) is 6.42 Å². The molecular formula is C14H21BrN2O2S. The van der Waals surface area contributed by atoms with E-state index in [9.17, 15) is 8.42 Å². The number of aromatic nitrogens is 1. The predicted molar refractivity (Wildman–Crippen MR) is 84.5 cm³/mol. The maximum absolute atomic E-state index is 12.3. The van der Waals surface area contributed by atoms with Crippen LogP contribution in [0.25, 0.3) is 0 Å². The second-order valence-electron chi connectivity index (χ2n) is 5.50. The number of pyridine rings is 1. The summed E-state index contributed by atoms with van der Waals surface area (Å²) < 4.78 is 27.5. The predicted octanol–water partition coefficient (Wildman–Crippen LogP) is 2.64. The van der Waals surface area contributed by atoms with Crippen LogP contribution in [-0.4, -0.2) is 30.0 Å². The fourth-order valence-electron chi connectivity index (χ4n) is 2.67. The Hall–Kier alpha value is -0.460. The van der Waals surface area contributed by atoms with E-state index in [2.05, 4.69) is 25.6 Å². The van der Waals surface area contributed by atoms with Crippen molar-refractivity contribution >= 4 is 26.0 Å². The molecule has 0 amide bonds. The van der Waals surface area contributed by atoms with Gasteiger partial charge in [0, 0.05) is 23.3 Å². The van der Waals surface area contributed by atoms with Gasteiger partial charge in [0.25, 0.3) is 0 Å². The highest BCUT2D eigenvalue weighted by molar-refractivity contribution is 9.09. The lowest BCUT2D eigenvalue weighted by atomic mass is 9.84. The van der Waals surface area contributed by atoms with Crippen molar-refractivity contribution in [3.05, 3.63) is 30.1 Å². The topological polar surface area (TPSA) is 59.1 Å². The van der Waals surface area contributed by atoms with Crippen LogP contribution in [-0.2, 0) is 16.4 Å². The van der Waals surface area contributed by atoms with Gasteiger partial charge in [-0.05, 0) is 37.0 Å². The summed E-state index contributed by atoms with van der Waals surface area (Å²) in [5.74, 6) is 0.131. The number of sulfonamides is 1. The van der Waals surface area contributed by atoms with Crippen LogP contribution in [0.15, 0.2) is 24.5 Å². The van der Waals surface area contributed by atoms with E-state index in [1.807, 2.05) is 12.1 Å². The molecule has 20 heavy (non-hydrogen) atoms. The van der Waals surface area contributed by atoms with Crippen LogP contribution in [0.5, 0.6) is 0 Å². The first-order valence-corrected chi connectivity index (χ1v) is 9.79. The molecule has 1 N–H and O–H groups in total. The number of nitrogens with one attached hydrogen (secondary N) is 1. The number of hydrogen-bond acceptors (Lipinski definition) is 3. The highest BCUT2D eigenvalue weighted by Crippen LogP contribution is 2.30.